The van der Waals surface area contributed by atoms with E-state index in [9.17, 15) is 14.9 Å². The van der Waals surface area contributed by atoms with Crippen molar-refractivity contribution in [2.75, 3.05) is 6.54 Å². The molecule has 2 aliphatic carbocycles. The van der Waals surface area contributed by atoms with Crippen molar-refractivity contribution in [3.63, 3.8) is 0 Å². The van der Waals surface area contributed by atoms with E-state index in [-0.39, 0.29) is 50.6 Å². The van der Waals surface area contributed by atoms with Crippen molar-refractivity contribution in [3.05, 3.63) is 11.6 Å². The zero-order valence-corrected chi connectivity index (χ0v) is 26.6. The van der Waals surface area contributed by atoms with Crippen LogP contribution in [0.3, 0.4) is 0 Å². The van der Waals surface area contributed by atoms with Gasteiger partial charge in [0.2, 0.25) is 0 Å². The molecule has 0 aromatic carbocycles. The molecule has 5 atom stereocenters. The lowest BCUT2D eigenvalue weighted by Gasteiger charge is -2.64. The Labute approximate surface area is 234 Å². The van der Waals surface area contributed by atoms with Crippen LogP contribution in [0.25, 0.3) is 0 Å². The third-order valence-corrected chi connectivity index (χ3v) is 12.1. The largest absolute Gasteiger partial charge is 0.330 e. The quantitative estimate of drug-likeness (QED) is 0.276. The molecule has 0 spiro atoms. The zero-order valence-electron chi connectivity index (χ0n) is 26.6. The molecule has 0 bridgehead atoms. The van der Waals surface area contributed by atoms with Gasteiger partial charge in [-0.1, -0.05) is 88.7 Å². The van der Waals surface area contributed by atoms with Crippen molar-refractivity contribution in [2.24, 2.45) is 50.1 Å². The summed E-state index contributed by atoms with van der Waals surface area (Å²) in [6.07, 6.45) is 10.5. The Morgan fingerprint density at radius 1 is 1.05 bits per heavy atom. The van der Waals surface area contributed by atoms with Gasteiger partial charge in [0.05, 0.1) is 5.57 Å². The number of hydrogen-bond acceptors (Lipinski definition) is 4. The van der Waals surface area contributed by atoms with E-state index in [1.54, 1.807) is 0 Å². The van der Waals surface area contributed by atoms with E-state index in [1.807, 2.05) is 26.8 Å². The lowest BCUT2D eigenvalue weighted by Crippen LogP contribution is -2.60. The molecule has 2 N–H and O–H groups in total. The summed E-state index contributed by atoms with van der Waals surface area (Å²) in [7, 11) is 0. The molecule has 2 unspecified atom stereocenters. The summed E-state index contributed by atoms with van der Waals surface area (Å²) >= 11 is 0. The number of carbonyl (C=O) groups excluding carboxylic acids is 2. The molecule has 2 rings (SSSR count). The molecular formula is C34H58N2O2. The summed E-state index contributed by atoms with van der Waals surface area (Å²) in [5, 5.41) is 9.91. The van der Waals surface area contributed by atoms with Gasteiger partial charge in [0.25, 0.3) is 0 Å². The van der Waals surface area contributed by atoms with E-state index >= 15 is 0 Å². The molecule has 0 amide bonds. The number of allylic oxidation sites excluding steroid dienone is 2. The van der Waals surface area contributed by atoms with E-state index in [0.29, 0.717) is 24.8 Å². The van der Waals surface area contributed by atoms with Crippen LogP contribution in [0.15, 0.2) is 11.6 Å². The first-order chi connectivity index (χ1) is 17.3. The molecular weight excluding hydrogens is 468 g/mol. The van der Waals surface area contributed by atoms with Crippen LogP contribution in [-0.2, 0) is 9.59 Å². The molecule has 0 heterocycles. The number of fused-ring (bicyclic) bond motifs is 1. The monoisotopic (exact) mass is 526 g/mol. The number of carbonyl (C=O) groups is 2. The highest BCUT2D eigenvalue weighted by Crippen LogP contribution is 2.68. The Hall–Kier alpha value is -1.47. The third-order valence-electron chi connectivity index (χ3n) is 12.1. The molecule has 0 saturated heterocycles. The van der Waals surface area contributed by atoms with Crippen molar-refractivity contribution in [1.82, 2.24) is 0 Å². The first kappa shape index (κ1) is 32.7. The molecule has 216 valence electrons. The van der Waals surface area contributed by atoms with Crippen LogP contribution in [-0.4, -0.2) is 18.1 Å². The van der Waals surface area contributed by atoms with Gasteiger partial charge in [0, 0.05) is 18.3 Å². The Bertz CT molecular complexity index is 967. The maximum Gasteiger partial charge on any atom is 0.178 e. The number of hydrogen-bond donors (Lipinski definition) is 1. The van der Waals surface area contributed by atoms with Crippen LogP contribution in [0.4, 0.5) is 0 Å². The normalized spacial score (nSPS) is 31.1. The van der Waals surface area contributed by atoms with E-state index in [2.05, 4.69) is 61.5 Å². The predicted molar refractivity (Wildman–Crippen MR) is 158 cm³/mol. The number of rotatable bonds is 12. The third kappa shape index (κ3) is 5.99. The highest BCUT2D eigenvalue weighted by Gasteiger charge is 2.63. The smallest absolute Gasteiger partial charge is 0.178 e. The van der Waals surface area contributed by atoms with Crippen molar-refractivity contribution >= 4 is 11.6 Å². The predicted octanol–water partition coefficient (Wildman–Crippen LogP) is 8.44. The van der Waals surface area contributed by atoms with Crippen molar-refractivity contribution < 1.29 is 9.59 Å². The van der Waals surface area contributed by atoms with Gasteiger partial charge < -0.3 is 5.73 Å². The van der Waals surface area contributed by atoms with Crippen LogP contribution in [0.1, 0.15) is 134 Å². The number of nitrogens with two attached hydrogens (primary N) is 1. The second kappa shape index (κ2) is 11.2. The van der Waals surface area contributed by atoms with Gasteiger partial charge in [-0.2, -0.15) is 5.26 Å². The second-order valence-corrected chi connectivity index (χ2v) is 15.7. The van der Waals surface area contributed by atoms with Crippen LogP contribution in [0, 0.1) is 55.7 Å². The fourth-order valence-electron chi connectivity index (χ4n) is 7.84. The lowest BCUT2D eigenvalue weighted by molar-refractivity contribution is -0.156. The van der Waals surface area contributed by atoms with Crippen LogP contribution in [0.5, 0.6) is 0 Å². The van der Waals surface area contributed by atoms with Crippen LogP contribution < -0.4 is 5.73 Å². The van der Waals surface area contributed by atoms with E-state index < -0.39 is 5.41 Å². The maximum atomic E-state index is 13.2. The van der Waals surface area contributed by atoms with Gasteiger partial charge in [0.15, 0.2) is 5.78 Å². The highest BCUT2D eigenvalue weighted by molar-refractivity contribution is 6.04. The highest BCUT2D eigenvalue weighted by atomic mass is 16.1. The van der Waals surface area contributed by atoms with E-state index in [1.165, 1.54) is 12.8 Å². The van der Waals surface area contributed by atoms with E-state index in [4.69, 9.17) is 5.73 Å². The number of nitriles is 1. The Balaban J connectivity index is 2.50. The topological polar surface area (TPSA) is 84.0 Å². The fourth-order valence-corrected chi connectivity index (χ4v) is 7.84. The fraction of sp³-hybridized carbons (Fsp3) is 0.853. The van der Waals surface area contributed by atoms with Gasteiger partial charge >= 0.3 is 0 Å². The van der Waals surface area contributed by atoms with E-state index in [0.717, 1.165) is 32.1 Å². The average Bonchev–Trinajstić information content (AvgIpc) is 2.86. The lowest BCUT2D eigenvalue weighted by atomic mass is 9.39. The number of nitrogens with zero attached hydrogens (tertiary/aromatic N) is 1. The molecule has 38 heavy (non-hydrogen) atoms. The Morgan fingerprint density at radius 2 is 1.63 bits per heavy atom. The van der Waals surface area contributed by atoms with Crippen molar-refractivity contribution in [2.45, 2.75) is 134 Å². The van der Waals surface area contributed by atoms with Gasteiger partial charge in [-0.15, -0.1) is 0 Å². The number of Topliss-reactive ketones (excluding diaryl/α,β-unsaturated/α-hetero) is 2. The summed E-state index contributed by atoms with van der Waals surface area (Å²) in [6, 6.07) is 2.22. The molecule has 1 fully saturated rings. The SMILES string of the molecule is CCC(=O)CC1[C@@]2(C)C=C(C#N)C(=O)C(C)(C)C2CC[C@@]1(C)C(C)(C)CC[C@@](C)(CN)CCC(C)(C)CC. The molecule has 4 heteroatoms. The molecule has 0 aliphatic heterocycles. The summed E-state index contributed by atoms with van der Waals surface area (Å²) in [6.45, 7) is 25.4. The first-order valence-corrected chi connectivity index (χ1v) is 15.2. The number of ketones is 2. The molecule has 0 aromatic rings. The summed E-state index contributed by atoms with van der Waals surface area (Å²) in [5.41, 5.74) is 5.93. The molecule has 1 saturated carbocycles. The molecule has 0 aromatic heterocycles. The zero-order chi connectivity index (χ0) is 29.4. The molecule has 4 nitrogen and oxygen atoms in total. The van der Waals surface area contributed by atoms with Crippen LogP contribution in [0.2, 0.25) is 0 Å². The van der Waals surface area contributed by atoms with Gasteiger partial charge in [0.1, 0.15) is 11.9 Å². The van der Waals surface area contributed by atoms with Crippen molar-refractivity contribution in [3.8, 4) is 6.07 Å². The standard InChI is InChI=1S/C34H58N2O2/c1-12-25(37)20-27-33(10)21-24(22-35)28(38)31(7,8)26(33)14-15-34(27,11)30(5,6)17-19-32(9,23-36)18-16-29(3,4)13-2/h21,26-27H,12-20,23,36H2,1-11H3/t26?,27?,32-,33-,34+/m0/s1. The summed E-state index contributed by atoms with van der Waals surface area (Å²) in [5.74, 6) is 0.410. The Morgan fingerprint density at radius 3 is 2.13 bits per heavy atom. The minimum absolute atomic E-state index is 0.0391. The van der Waals surface area contributed by atoms with Crippen LogP contribution >= 0.6 is 0 Å². The van der Waals surface area contributed by atoms with Gasteiger partial charge in [-0.05, 0) is 84.0 Å². The average molecular weight is 527 g/mol. The minimum atomic E-state index is -0.613. The summed E-state index contributed by atoms with van der Waals surface area (Å²) < 4.78 is 0. The second-order valence-electron chi connectivity index (χ2n) is 15.7. The first-order valence-electron chi connectivity index (χ1n) is 15.2. The summed E-state index contributed by atoms with van der Waals surface area (Å²) in [4.78, 5) is 26.3. The minimum Gasteiger partial charge on any atom is -0.330 e. The maximum absolute atomic E-state index is 13.2. The van der Waals surface area contributed by atoms with Gasteiger partial charge in [-0.3, -0.25) is 9.59 Å². The Kier molecular flexibility index (Phi) is 9.64. The van der Waals surface area contributed by atoms with Crippen molar-refractivity contribution in [1.29, 1.82) is 5.26 Å². The van der Waals surface area contributed by atoms with Gasteiger partial charge in [-0.25, -0.2) is 0 Å². The molecule has 0 radical (unpaired) electrons. The molecule has 2 aliphatic rings.